The Bertz CT molecular complexity index is 189. The minimum atomic E-state index is -1.14. The van der Waals surface area contributed by atoms with Crippen LogP contribution in [0.25, 0.3) is 0 Å². The number of hydrogen-bond donors (Lipinski definition) is 3. The van der Waals surface area contributed by atoms with Gasteiger partial charge in [0.05, 0.1) is 19.8 Å². The van der Waals surface area contributed by atoms with Crippen LogP contribution in [0.2, 0.25) is 0 Å². The van der Waals surface area contributed by atoms with Gasteiger partial charge in [-0.1, -0.05) is 0 Å². The summed E-state index contributed by atoms with van der Waals surface area (Å²) in [5.41, 5.74) is 0. The van der Waals surface area contributed by atoms with Crippen molar-refractivity contribution in [3.05, 3.63) is 0 Å². The van der Waals surface area contributed by atoms with Crippen LogP contribution < -0.4 is 5.32 Å². The maximum absolute atomic E-state index is 10.2. The lowest BCUT2D eigenvalue weighted by molar-refractivity contribution is -0.142. The molecule has 0 spiro atoms. The molecule has 0 saturated carbocycles. The van der Waals surface area contributed by atoms with E-state index in [1.54, 1.807) is 0 Å². The lowest BCUT2D eigenvalue weighted by atomic mass is 10.5. The van der Waals surface area contributed by atoms with Gasteiger partial charge in [0.15, 0.2) is 0 Å². The van der Waals surface area contributed by atoms with E-state index in [4.69, 9.17) is 10.2 Å². The van der Waals surface area contributed by atoms with E-state index in [-0.39, 0.29) is 6.67 Å². The smallest absolute Gasteiger partial charge is 0.317 e. The summed E-state index contributed by atoms with van der Waals surface area (Å²) in [5.74, 6) is -2.29. The zero-order valence-electron chi connectivity index (χ0n) is 6.77. The summed E-state index contributed by atoms with van der Waals surface area (Å²) in [7, 11) is 0. The van der Waals surface area contributed by atoms with Crippen LogP contribution in [0.3, 0.4) is 0 Å². The van der Waals surface area contributed by atoms with Crippen molar-refractivity contribution >= 4 is 18.3 Å². The molecule has 0 unspecified atom stereocenters. The zero-order chi connectivity index (χ0) is 10.3. The van der Waals surface area contributed by atoms with Gasteiger partial charge in [-0.15, -0.1) is 0 Å². The van der Waals surface area contributed by atoms with E-state index in [1.807, 2.05) is 0 Å². The van der Waals surface area contributed by atoms with Crippen LogP contribution in [-0.4, -0.2) is 53.2 Å². The third-order valence-corrected chi connectivity index (χ3v) is 1.12. The van der Waals surface area contributed by atoms with Crippen molar-refractivity contribution in [2.75, 3.05) is 19.8 Å². The van der Waals surface area contributed by atoms with Crippen LogP contribution in [0.15, 0.2) is 0 Å². The highest BCUT2D eigenvalue weighted by atomic mass is 16.4. The van der Waals surface area contributed by atoms with Crippen molar-refractivity contribution in [2.24, 2.45) is 0 Å². The summed E-state index contributed by atoms with van der Waals surface area (Å²) in [4.78, 5) is 31.3. The summed E-state index contributed by atoms with van der Waals surface area (Å²) >= 11 is 0. The molecule has 0 aliphatic heterocycles. The van der Waals surface area contributed by atoms with E-state index < -0.39 is 25.0 Å². The fourth-order valence-electron chi connectivity index (χ4n) is 0.717. The van der Waals surface area contributed by atoms with E-state index in [1.165, 1.54) is 0 Å². The predicted octanol–water partition coefficient (Wildman–Crippen LogP) is -1.84. The molecule has 7 nitrogen and oxygen atoms in total. The molecule has 0 radical (unpaired) electrons. The average Bonchev–Trinajstić information content (AvgIpc) is 1.98. The number of rotatable bonds is 7. The van der Waals surface area contributed by atoms with Crippen molar-refractivity contribution in [1.29, 1.82) is 0 Å². The normalized spacial score (nSPS) is 9.62. The Morgan fingerprint density at radius 1 is 1.23 bits per heavy atom. The van der Waals surface area contributed by atoms with Gasteiger partial charge in [-0.3, -0.25) is 19.3 Å². The monoisotopic (exact) mass is 190 g/mol. The molecule has 0 atom stereocenters. The molecule has 13 heavy (non-hydrogen) atoms. The maximum atomic E-state index is 10.2. The molecule has 0 aromatic rings. The molecule has 1 amide bonds. The number of carboxylic acids is 2. The molecule has 0 saturated heterocycles. The topological polar surface area (TPSA) is 107 Å². The zero-order valence-corrected chi connectivity index (χ0v) is 6.77. The summed E-state index contributed by atoms with van der Waals surface area (Å²) in [6.07, 6.45) is 0.372. The molecular formula is C6H10N2O5. The predicted molar refractivity (Wildman–Crippen MR) is 40.9 cm³/mol. The van der Waals surface area contributed by atoms with E-state index in [0.717, 1.165) is 4.90 Å². The molecular weight excluding hydrogens is 180 g/mol. The van der Waals surface area contributed by atoms with Gasteiger partial charge in [-0.05, 0) is 0 Å². The molecule has 0 fully saturated rings. The molecule has 7 heteroatoms. The number of carbonyl (C=O) groups excluding carboxylic acids is 1. The highest BCUT2D eigenvalue weighted by Crippen LogP contribution is 1.84. The second-order valence-electron chi connectivity index (χ2n) is 2.25. The van der Waals surface area contributed by atoms with Crippen molar-refractivity contribution in [3.63, 3.8) is 0 Å². The molecule has 0 aliphatic carbocycles. The van der Waals surface area contributed by atoms with Crippen LogP contribution in [0.5, 0.6) is 0 Å². The molecule has 0 aromatic carbocycles. The maximum Gasteiger partial charge on any atom is 0.317 e. The number of carboxylic acid groups (broad SMARTS) is 2. The van der Waals surface area contributed by atoms with Gasteiger partial charge >= 0.3 is 11.9 Å². The van der Waals surface area contributed by atoms with Gasteiger partial charge in [-0.2, -0.15) is 0 Å². The number of nitrogens with zero attached hydrogens (tertiary/aromatic N) is 1. The number of hydrogen-bond acceptors (Lipinski definition) is 4. The standard InChI is InChI=1S/C6H10N2O5/c9-4-7-3-8(1-5(10)11)2-6(12)13/h4H,1-3H2,(H,7,9)(H,10,11)(H,12,13). The number of aliphatic carboxylic acids is 2. The first-order valence-electron chi connectivity index (χ1n) is 3.39. The van der Waals surface area contributed by atoms with E-state index in [0.29, 0.717) is 6.41 Å². The molecule has 3 N–H and O–H groups in total. The summed E-state index contributed by atoms with van der Waals surface area (Å²) in [6.45, 7) is -0.942. The minimum Gasteiger partial charge on any atom is -0.480 e. The largest absolute Gasteiger partial charge is 0.480 e. The third kappa shape index (κ3) is 6.76. The fourth-order valence-corrected chi connectivity index (χ4v) is 0.717. The number of carbonyl (C=O) groups is 3. The molecule has 0 heterocycles. The molecule has 0 aromatic heterocycles. The van der Waals surface area contributed by atoms with Crippen molar-refractivity contribution in [1.82, 2.24) is 10.2 Å². The second kappa shape index (κ2) is 5.95. The minimum absolute atomic E-state index is 0.0951. The van der Waals surface area contributed by atoms with Crippen LogP contribution in [-0.2, 0) is 14.4 Å². The van der Waals surface area contributed by atoms with Gasteiger partial charge in [0.25, 0.3) is 0 Å². The molecule has 0 aliphatic rings. The Labute approximate surface area is 73.9 Å². The SMILES string of the molecule is O=CNCN(CC(=O)O)CC(=O)O. The number of nitrogens with one attached hydrogen (secondary N) is 1. The Hall–Kier alpha value is -1.63. The molecule has 74 valence electrons. The third-order valence-electron chi connectivity index (χ3n) is 1.12. The van der Waals surface area contributed by atoms with Gasteiger partial charge < -0.3 is 15.5 Å². The van der Waals surface area contributed by atoms with Crippen LogP contribution in [0.4, 0.5) is 0 Å². The highest BCUT2D eigenvalue weighted by molar-refractivity contribution is 5.72. The van der Waals surface area contributed by atoms with Gasteiger partial charge in [-0.25, -0.2) is 0 Å². The van der Waals surface area contributed by atoms with Crippen molar-refractivity contribution in [2.45, 2.75) is 0 Å². The molecule has 0 rings (SSSR count). The van der Waals surface area contributed by atoms with Crippen LogP contribution in [0, 0.1) is 0 Å². The van der Waals surface area contributed by atoms with Crippen LogP contribution >= 0.6 is 0 Å². The quantitative estimate of drug-likeness (QED) is 0.321. The van der Waals surface area contributed by atoms with Gasteiger partial charge in [0.1, 0.15) is 0 Å². The van der Waals surface area contributed by atoms with Gasteiger partial charge in [0, 0.05) is 0 Å². The van der Waals surface area contributed by atoms with Crippen LogP contribution in [0.1, 0.15) is 0 Å². The lowest BCUT2D eigenvalue weighted by Crippen LogP contribution is -2.40. The van der Waals surface area contributed by atoms with E-state index >= 15 is 0 Å². The Morgan fingerprint density at radius 3 is 2.00 bits per heavy atom. The summed E-state index contributed by atoms with van der Waals surface area (Å²) in [6, 6.07) is 0. The number of amides is 1. The Balaban J connectivity index is 3.93. The second-order valence-corrected chi connectivity index (χ2v) is 2.25. The first-order valence-corrected chi connectivity index (χ1v) is 3.39. The molecule has 0 bridgehead atoms. The lowest BCUT2D eigenvalue weighted by Gasteiger charge is -2.16. The van der Waals surface area contributed by atoms with E-state index in [9.17, 15) is 14.4 Å². The summed E-state index contributed by atoms with van der Waals surface area (Å²) in [5, 5.41) is 18.9. The first kappa shape index (κ1) is 11.4. The highest BCUT2D eigenvalue weighted by Gasteiger charge is 2.11. The summed E-state index contributed by atoms with van der Waals surface area (Å²) < 4.78 is 0. The average molecular weight is 190 g/mol. The fraction of sp³-hybridized carbons (Fsp3) is 0.500. The van der Waals surface area contributed by atoms with E-state index in [2.05, 4.69) is 5.32 Å². The van der Waals surface area contributed by atoms with Gasteiger partial charge in [0.2, 0.25) is 6.41 Å². The Morgan fingerprint density at radius 2 is 1.69 bits per heavy atom. The van der Waals surface area contributed by atoms with Crippen molar-refractivity contribution < 1.29 is 24.6 Å². The first-order chi connectivity index (χ1) is 6.06. The Kier molecular flexibility index (Phi) is 5.20. The van der Waals surface area contributed by atoms with Crippen molar-refractivity contribution in [3.8, 4) is 0 Å².